The van der Waals surface area contributed by atoms with Gasteiger partial charge in [-0.3, -0.25) is 0 Å². The van der Waals surface area contributed by atoms with Crippen LogP contribution in [0, 0.1) is 20.8 Å². The van der Waals surface area contributed by atoms with Gasteiger partial charge in [0.1, 0.15) is 12.4 Å². The van der Waals surface area contributed by atoms with Crippen LogP contribution in [0.25, 0.3) is 0 Å². The zero-order valence-corrected chi connectivity index (χ0v) is 18.9. The molecule has 0 atom stereocenters. The summed E-state index contributed by atoms with van der Waals surface area (Å²) >= 11 is 7.24. The molecule has 0 amide bonds. The first kappa shape index (κ1) is 20.0. The van der Waals surface area contributed by atoms with Crippen molar-refractivity contribution >= 4 is 37.5 Å². The highest BCUT2D eigenvalue weighted by atomic mass is 79.9. The first-order valence-electron chi connectivity index (χ1n) is 8.90. The molecule has 4 heteroatoms. The van der Waals surface area contributed by atoms with Gasteiger partial charge in [0.05, 0.1) is 4.47 Å². The van der Waals surface area contributed by atoms with E-state index in [1.165, 1.54) is 16.7 Å². The summed E-state index contributed by atoms with van der Waals surface area (Å²) < 4.78 is 8.15. The lowest BCUT2D eigenvalue weighted by atomic mass is 10.1. The highest BCUT2D eigenvalue weighted by molar-refractivity contribution is 9.11. The van der Waals surface area contributed by atoms with Crippen molar-refractivity contribution in [2.75, 3.05) is 5.32 Å². The Morgan fingerprint density at radius 2 is 1.67 bits per heavy atom. The maximum Gasteiger partial charge on any atom is 0.139 e. The van der Waals surface area contributed by atoms with E-state index in [1.807, 2.05) is 6.07 Å². The summed E-state index contributed by atoms with van der Waals surface area (Å²) in [6, 6.07) is 18.9. The maximum absolute atomic E-state index is 6.18. The minimum atomic E-state index is 0.539. The molecular weight excluding hydrogens is 466 g/mol. The minimum Gasteiger partial charge on any atom is -0.487 e. The Balaban J connectivity index is 1.79. The van der Waals surface area contributed by atoms with E-state index in [-0.39, 0.29) is 0 Å². The van der Waals surface area contributed by atoms with Gasteiger partial charge in [0.25, 0.3) is 0 Å². The van der Waals surface area contributed by atoms with E-state index >= 15 is 0 Å². The van der Waals surface area contributed by atoms with Crippen molar-refractivity contribution in [1.82, 2.24) is 0 Å². The van der Waals surface area contributed by atoms with Crippen LogP contribution in [0.4, 0.5) is 5.69 Å². The van der Waals surface area contributed by atoms with Crippen LogP contribution >= 0.6 is 31.9 Å². The van der Waals surface area contributed by atoms with Gasteiger partial charge >= 0.3 is 0 Å². The summed E-state index contributed by atoms with van der Waals surface area (Å²) in [4.78, 5) is 0. The Hall–Kier alpha value is -1.78. The van der Waals surface area contributed by atoms with Crippen molar-refractivity contribution in [3.05, 3.63) is 91.4 Å². The molecule has 0 aromatic heterocycles. The molecule has 0 spiro atoms. The topological polar surface area (TPSA) is 21.3 Å². The van der Waals surface area contributed by atoms with E-state index in [0.717, 1.165) is 31.5 Å². The number of aryl methyl sites for hydroxylation is 2. The van der Waals surface area contributed by atoms with Crippen LogP contribution < -0.4 is 10.1 Å². The molecule has 0 saturated carbocycles. The Kier molecular flexibility index (Phi) is 6.61. The average molecular weight is 489 g/mol. The van der Waals surface area contributed by atoms with E-state index in [0.29, 0.717) is 13.2 Å². The molecule has 0 bridgehead atoms. The Bertz CT molecular complexity index is 936. The van der Waals surface area contributed by atoms with E-state index in [9.17, 15) is 0 Å². The van der Waals surface area contributed by atoms with Gasteiger partial charge in [-0.2, -0.15) is 0 Å². The summed E-state index contributed by atoms with van der Waals surface area (Å²) in [5.41, 5.74) is 7.21. The standard InChI is InChI=1S/C23H23Br2NO/c1-15-7-9-18(10-8-15)14-27-23-19(11-20(24)12-21(23)25)13-26-22-6-4-5-16(2)17(22)3/h4-12,26H,13-14H2,1-3H3. The second-order valence-electron chi connectivity index (χ2n) is 6.75. The van der Waals surface area contributed by atoms with Crippen LogP contribution in [0.15, 0.2) is 63.5 Å². The summed E-state index contributed by atoms with van der Waals surface area (Å²) in [7, 11) is 0. The molecule has 0 fully saturated rings. The fourth-order valence-corrected chi connectivity index (χ4v) is 4.31. The lowest BCUT2D eigenvalue weighted by Gasteiger charge is -2.17. The SMILES string of the molecule is Cc1ccc(COc2c(Br)cc(Br)cc2CNc2cccc(C)c2C)cc1. The summed E-state index contributed by atoms with van der Waals surface area (Å²) in [6.07, 6.45) is 0. The molecule has 3 aromatic rings. The normalized spacial score (nSPS) is 10.7. The van der Waals surface area contributed by atoms with Gasteiger partial charge in [-0.05, 0) is 71.6 Å². The lowest BCUT2D eigenvalue weighted by Crippen LogP contribution is -2.06. The van der Waals surface area contributed by atoms with Crippen molar-refractivity contribution in [1.29, 1.82) is 0 Å². The number of rotatable bonds is 6. The van der Waals surface area contributed by atoms with Gasteiger partial charge in [-0.15, -0.1) is 0 Å². The molecule has 0 unspecified atom stereocenters. The second-order valence-corrected chi connectivity index (χ2v) is 8.52. The van der Waals surface area contributed by atoms with Crippen LogP contribution in [0.2, 0.25) is 0 Å². The average Bonchev–Trinajstić information content (AvgIpc) is 2.63. The van der Waals surface area contributed by atoms with Crippen molar-refractivity contribution in [3.8, 4) is 5.75 Å². The third-order valence-corrected chi connectivity index (χ3v) is 5.71. The highest BCUT2D eigenvalue weighted by Gasteiger charge is 2.12. The third kappa shape index (κ3) is 5.14. The summed E-state index contributed by atoms with van der Waals surface area (Å²) in [5, 5.41) is 3.55. The fourth-order valence-electron chi connectivity index (χ4n) is 2.88. The number of halogens is 2. The predicted octanol–water partition coefficient (Wildman–Crippen LogP) is 7.33. The molecule has 0 saturated heterocycles. The number of ether oxygens (including phenoxy) is 1. The molecule has 3 aromatic carbocycles. The fraction of sp³-hybridized carbons (Fsp3) is 0.217. The van der Waals surface area contributed by atoms with Crippen LogP contribution in [0.5, 0.6) is 5.75 Å². The van der Waals surface area contributed by atoms with Gasteiger partial charge in [0, 0.05) is 22.3 Å². The molecule has 0 aliphatic heterocycles. The summed E-state index contributed by atoms with van der Waals surface area (Å²) in [5.74, 6) is 0.872. The smallest absolute Gasteiger partial charge is 0.139 e. The van der Waals surface area contributed by atoms with E-state index in [4.69, 9.17) is 4.74 Å². The number of nitrogens with one attached hydrogen (secondary N) is 1. The van der Waals surface area contributed by atoms with E-state index < -0.39 is 0 Å². The Labute approximate surface area is 178 Å². The lowest BCUT2D eigenvalue weighted by molar-refractivity contribution is 0.301. The molecule has 2 nitrogen and oxygen atoms in total. The van der Waals surface area contributed by atoms with Crippen LogP contribution in [0.1, 0.15) is 27.8 Å². The van der Waals surface area contributed by atoms with Crippen molar-refractivity contribution in [3.63, 3.8) is 0 Å². The number of anilines is 1. The zero-order valence-electron chi connectivity index (χ0n) is 15.8. The molecule has 0 aliphatic rings. The number of hydrogen-bond acceptors (Lipinski definition) is 2. The van der Waals surface area contributed by atoms with Crippen molar-refractivity contribution in [2.45, 2.75) is 33.9 Å². The largest absolute Gasteiger partial charge is 0.487 e. The van der Waals surface area contributed by atoms with Crippen molar-refractivity contribution < 1.29 is 4.74 Å². The second kappa shape index (κ2) is 8.94. The molecule has 1 N–H and O–H groups in total. The van der Waals surface area contributed by atoms with Gasteiger partial charge in [0.15, 0.2) is 0 Å². The molecule has 0 radical (unpaired) electrons. The van der Waals surface area contributed by atoms with Gasteiger partial charge in [-0.1, -0.05) is 57.9 Å². The zero-order chi connectivity index (χ0) is 19.4. The van der Waals surface area contributed by atoms with Gasteiger partial charge < -0.3 is 10.1 Å². The van der Waals surface area contributed by atoms with Crippen molar-refractivity contribution in [2.24, 2.45) is 0 Å². The highest BCUT2D eigenvalue weighted by Crippen LogP contribution is 2.34. The van der Waals surface area contributed by atoms with E-state index in [2.05, 4.69) is 106 Å². The minimum absolute atomic E-state index is 0.539. The molecule has 27 heavy (non-hydrogen) atoms. The molecule has 3 rings (SSSR count). The summed E-state index contributed by atoms with van der Waals surface area (Å²) in [6.45, 7) is 7.59. The first-order valence-corrected chi connectivity index (χ1v) is 10.5. The van der Waals surface area contributed by atoms with Crippen LogP contribution in [-0.4, -0.2) is 0 Å². The van der Waals surface area contributed by atoms with Gasteiger partial charge in [-0.25, -0.2) is 0 Å². The van der Waals surface area contributed by atoms with Gasteiger partial charge in [0.2, 0.25) is 0 Å². The predicted molar refractivity (Wildman–Crippen MR) is 121 cm³/mol. The molecule has 0 heterocycles. The van der Waals surface area contributed by atoms with Crippen LogP contribution in [0.3, 0.4) is 0 Å². The first-order chi connectivity index (χ1) is 12.9. The molecule has 0 aliphatic carbocycles. The third-order valence-electron chi connectivity index (χ3n) is 4.66. The monoisotopic (exact) mass is 487 g/mol. The molecular formula is C23H23Br2NO. The Morgan fingerprint density at radius 1 is 0.926 bits per heavy atom. The molecule has 140 valence electrons. The Morgan fingerprint density at radius 3 is 2.41 bits per heavy atom. The number of hydrogen-bond donors (Lipinski definition) is 1. The number of benzene rings is 3. The quantitative estimate of drug-likeness (QED) is 0.392. The maximum atomic E-state index is 6.18. The van der Waals surface area contributed by atoms with E-state index in [1.54, 1.807) is 0 Å². The van der Waals surface area contributed by atoms with Crippen LogP contribution in [-0.2, 0) is 13.2 Å².